The number of amides is 2. The molecule has 0 aliphatic carbocycles. The third kappa shape index (κ3) is 3.91. The van der Waals surface area contributed by atoms with E-state index < -0.39 is 11.8 Å². The summed E-state index contributed by atoms with van der Waals surface area (Å²) in [6, 6.07) is 15.5. The minimum Gasteiger partial charge on any atom is -0.320 e. The van der Waals surface area contributed by atoms with E-state index in [-0.39, 0.29) is 27.2 Å². The van der Waals surface area contributed by atoms with E-state index in [1.807, 2.05) is 12.1 Å². The molecule has 0 fully saturated rings. The lowest BCUT2D eigenvalue weighted by Crippen LogP contribution is -2.27. The van der Waals surface area contributed by atoms with Crippen LogP contribution in [0, 0.1) is 17.2 Å². The van der Waals surface area contributed by atoms with Gasteiger partial charge >= 0.3 is 0 Å². The van der Waals surface area contributed by atoms with Crippen LogP contribution in [0.5, 0.6) is 0 Å². The summed E-state index contributed by atoms with van der Waals surface area (Å²) < 4.78 is 0. The maximum absolute atomic E-state index is 12.7. The largest absolute Gasteiger partial charge is 0.320 e. The first kappa shape index (κ1) is 19.6. The molecule has 0 saturated heterocycles. The second-order valence-corrected chi connectivity index (χ2v) is 6.74. The van der Waals surface area contributed by atoms with E-state index in [4.69, 9.17) is 23.2 Å². The summed E-state index contributed by atoms with van der Waals surface area (Å²) in [6.07, 6.45) is 1.30. The standard InChI is InChI=1S/C20H14Cl2N4O2/c1-12-15(20(28)26(25-12)14-6-3-2-4-7-14)10-13(11-23)19(27)24-17-9-5-8-16(21)18(17)22/h2-10,15H,1H3,(H,24,27)/b13-10-/t15-/m1/s1. The normalized spacial score (nSPS) is 16.6. The molecule has 2 aromatic carbocycles. The SMILES string of the molecule is CC1=NN(c2ccccc2)C(=O)[C@@H]1/C=C(/C#N)C(=O)Nc1cccc(Cl)c1Cl. The molecule has 1 N–H and O–H groups in total. The molecule has 0 radical (unpaired) electrons. The van der Waals surface area contributed by atoms with E-state index in [0.29, 0.717) is 11.4 Å². The zero-order valence-electron chi connectivity index (χ0n) is 14.7. The van der Waals surface area contributed by atoms with Crippen LogP contribution in [-0.2, 0) is 9.59 Å². The molecule has 1 aliphatic heterocycles. The molecule has 6 nitrogen and oxygen atoms in total. The van der Waals surface area contributed by atoms with Crippen LogP contribution < -0.4 is 10.3 Å². The van der Waals surface area contributed by atoms with E-state index in [1.54, 1.807) is 49.4 Å². The van der Waals surface area contributed by atoms with Crippen molar-refractivity contribution < 1.29 is 9.59 Å². The van der Waals surface area contributed by atoms with Crippen LogP contribution in [-0.4, -0.2) is 17.5 Å². The number of rotatable bonds is 4. The average molecular weight is 413 g/mol. The van der Waals surface area contributed by atoms with Crippen molar-refractivity contribution >= 4 is 52.1 Å². The van der Waals surface area contributed by atoms with Crippen molar-refractivity contribution in [3.05, 3.63) is 70.2 Å². The summed E-state index contributed by atoms with van der Waals surface area (Å²) in [7, 11) is 0. The van der Waals surface area contributed by atoms with Crippen LogP contribution in [0.2, 0.25) is 10.0 Å². The predicted molar refractivity (Wildman–Crippen MR) is 109 cm³/mol. The number of hydrogen-bond donors (Lipinski definition) is 1. The van der Waals surface area contributed by atoms with Gasteiger partial charge in [0.25, 0.3) is 11.8 Å². The van der Waals surface area contributed by atoms with Crippen LogP contribution in [0.15, 0.2) is 65.3 Å². The second kappa shape index (κ2) is 8.26. The van der Waals surface area contributed by atoms with Gasteiger partial charge in [-0.05, 0) is 37.3 Å². The number of hydrazone groups is 1. The lowest BCUT2D eigenvalue weighted by Gasteiger charge is -2.13. The number of anilines is 2. The maximum atomic E-state index is 12.7. The Bertz CT molecular complexity index is 1040. The number of para-hydroxylation sites is 1. The first-order chi connectivity index (χ1) is 13.4. The molecule has 1 aliphatic rings. The molecule has 2 aromatic rings. The fourth-order valence-corrected chi connectivity index (χ4v) is 2.99. The number of nitriles is 1. The van der Waals surface area contributed by atoms with Crippen LogP contribution >= 0.6 is 23.2 Å². The quantitative estimate of drug-likeness (QED) is 0.595. The Morgan fingerprint density at radius 3 is 2.61 bits per heavy atom. The van der Waals surface area contributed by atoms with Gasteiger partial charge in [0.2, 0.25) is 0 Å². The highest BCUT2D eigenvalue weighted by Gasteiger charge is 2.33. The molecule has 0 bridgehead atoms. The number of carbonyl (C=O) groups is 2. The maximum Gasteiger partial charge on any atom is 0.266 e. The Morgan fingerprint density at radius 1 is 1.21 bits per heavy atom. The minimum absolute atomic E-state index is 0.166. The fraction of sp³-hybridized carbons (Fsp3) is 0.100. The molecule has 0 unspecified atom stereocenters. The van der Waals surface area contributed by atoms with Crippen molar-refractivity contribution in [2.24, 2.45) is 11.0 Å². The van der Waals surface area contributed by atoms with Crippen molar-refractivity contribution in [2.45, 2.75) is 6.92 Å². The summed E-state index contributed by atoms with van der Waals surface area (Å²) >= 11 is 12.0. The number of nitrogens with one attached hydrogen (secondary N) is 1. The third-order valence-corrected chi connectivity index (χ3v) is 4.90. The van der Waals surface area contributed by atoms with Gasteiger partial charge in [-0.3, -0.25) is 9.59 Å². The van der Waals surface area contributed by atoms with E-state index in [1.165, 1.54) is 11.1 Å². The Hall–Kier alpha value is -3.14. The topological polar surface area (TPSA) is 85.6 Å². The Morgan fingerprint density at radius 2 is 1.93 bits per heavy atom. The lowest BCUT2D eigenvalue weighted by molar-refractivity contribution is -0.118. The summed E-state index contributed by atoms with van der Waals surface area (Å²) in [5.74, 6) is -1.84. The monoisotopic (exact) mass is 412 g/mol. The van der Waals surface area contributed by atoms with Gasteiger partial charge in [-0.2, -0.15) is 15.4 Å². The lowest BCUT2D eigenvalue weighted by atomic mass is 10.0. The Kier molecular flexibility index (Phi) is 5.78. The van der Waals surface area contributed by atoms with E-state index in [2.05, 4.69) is 10.4 Å². The molecule has 1 atom stereocenters. The zero-order valence-corrected chi connectivity index (χ0v) is 16.2. The van der Waals surface area contributed by atoms with Gasteiger partial charge in [-0.25, -0.2) is 0 Å². The molecule has 8 heteroatoms. The molecular formula is C20H14Cl2N4O2. The Balaban J connectivity index is 1.83. The zero-order chi connectivity index (χ0) is 20.3. The summed E-state index contributed by atoms with van der Waals surface area (Å²) in [6.45, 7) is 1.67. The Labute approximate surface area is 171 Å². The van der Waals surface area contributed by atoms with Crippen molar-refractivity contribution in [3.63, 3.8) is 0 Å². The molecular weight excluding hydrogens is 399 g/mol. The molecule has 0 saturated carbocycles. The van der Waals surface area contributed by atoms with Crippen molar-refractivity contribution in [1.29, 1.82) is 5.26 Å². The molecule has 2 amide bonds. The third-order valence-electron chi connectivity index (χ3n) is 4.08. The van der Waals surface area contributed by atoms with Crippen LogP contribution in [0.1, 0.15) is 6.92 Å². The van der Waals surface area contributed by atoms with Crippen molar-refractivity contribution in [1.82, 2.24) is 0 Å². The number of carbonyl (C=O) groups excluding carboxylic acids is 2. The number of halogens is 2. The summed E-state index contributed by atoms with van der Waals surface area (Å²) in [5.41, 5.74) is 1.14. The van der Waals surface area contributed by atoms with Gasteiger partial charge in [0.05, 0.1) is 33.0 Å². The number of nitrogens with zero attached hydrogens (tertiary/aromatic N) is 3. The second-order valence-electron chi connectivity index (χ2n) is 5.95. The van der Waals surface area contributed by atoms with Crippen LogP contribution in [0.3, 0.4) is 0 Å². The van der Waals surface area contributed by atoms with Gasteiger partial charge < -0.3 is 5.32 Å². The van der Waals surface area contributed by atoms with Crippen LogP contribution in [0.4, 0.5) is 11.4 Å². The van der Waals surface area contributed by atoms with E-state index in [0.717, 1.165) is 0 Å². The van der Waals surface area contributed by atoms with E-state index >= 15 is 0 Å². The highest BCUT2D eigenvalue weighted by molar-refractivity contribution is 6.44. The first-order valence-electron chi connectivity index (χ1n) is 8.23. The summed E-state index contributed by atoms with van der Waals surface area (Å²) in [5, 5.41) is 17.9. The molecule has 28 heavy (non-hydrogen) atoms. The molecule has 0 spiro atoms. The molecule has 0 aromatic heterocycles. The highest BCUT2D eigenvalue weighted by Crippen LogP contribution is 2.30. The number of hydrogen-bond acceptors (Lipinski definition) is 4. The highest BCUT2D eigenvalue weighted by atomic mass is 35.5. The summed E-state index contributed by atoms with van der Waals surface area (Å²) in [4.78, 5) is 25.2. The number of benzene rings is 2. The van der Waals surface area contributed by atoms with Crippen LogP contribution in [0.25, 0.3) is 0 Å². The first-order valence-corrected chi connectivity index (χ1v) is 8.99. The smallest absolute Gasteiger partial charge is 0.266 e. The van der Waals surface area contributed by atoms with Gasteiger partial charge in [-0.15, -0.1) is 0 Å². The average Bonchev–Trinajstić information content (AvgIpc) is 2.98. The van der Waals surface area contributed by atoms with E-state index in [9.17, 15) is 14.9 Å². The van der Waals surface area contributed by atoms with Gasteiger partial charge in [0.15, 0.2) is 0 Å². The predicted octanol–water partition coefficient (Wildman–Crippen LogP) is 4.42. The molecule has 3 rings (SSSR count). The minimum atomic E-state index is -0.810. The fourth-order valence-electron chi connectivity index (χ4n) is 2.65. The van der Waals surface area contributed by atoms with Gasteiger partial charge in [-0.1, -0.05) is 47.5 Å². The molecule has 1 heterocycles. The van der Waals surface area contributed by atoms with Crippen molar-refractivity contribution in [2.75, 3.05) is 10.3 Å². The van der Waals surface area contributed by atoms with Gasteiger partial charge in [0, 0.05) is 0 Å². The molecule has 140 valence electrons. The van der Waals surface area contributed by atoms with Gasteiger partial charge in [0.1, 0.15) is 11.6 Å². The van der Waals surface area contributed by atoms with Crippen molar-refractivity contribution in [3.8, 4) is 6.07 Å².